The van der Waals surface area contributed by atoms with Crippen LogP contribution >= 0.6 is 22.9 Å². The van der Waals surface area contributed by atoms with Gasteiger partial charge in [-0.15, -0.1) is 11.3 Å². The summed E-state index contributed by atoms with van der Waals surface area (Å²) in [6.45, 7) is 1.29. The lowest BCUT2D eigenvalue weighted by molar-refractivity contribution is -0.137. The van der Waals surface area contributed by atoms with Crippen molar-refractivity contribution in [3.05, 3.63) is 110 Å². The molecule has 0 radical (unpaired) electrons. The molecule has 0 aliphatic rings. The third kappa shape index (κ3) is 7.17. The monoisotopic (exact) mass is 519 g/mol. The van der Waals surface area contributed by atoms with Gasteiger partial charge in [-0.25, -0.2) is 4.98 Å². The maximum atomic E-state index is 13.2. The lowest BCUT2D eigenvalue weighted by atomic mass is 10.1. The van der Waals surface area contributed by atoms with E-state index in [1.54, 1.807) is 29.6 Å². The standard InChI is InChI=1S/C25H21ClF3N3O2S/c26-20-7-2-5-18(11-20)14-32(13-17-4-1-6-19(10-17)25(27,28)29)15-23-31-22(16-35-23)24(33)30-12-21-8-3-9-34-21/h1-11,16H,12-15H2,(H,30,33). The molecule has 1 amide bonds. The average Bonchev–Trinajstić information content (AvgIpc) is 3.49. The van der Waals surface area contributed by atoms with E-state index in [0.29, 0.717) is 34.4 Å². The number of hydrogen-bond acceptors (Lipinski definition) is 5. The molecule has 4 aromatic rings. The summed E-state index contributed by atoms with van der Waals surface area (Å²) in [5.74, 6) is 0.297. The zero-order valence-corrected chi connectivity index (χ0v) is 20.0. The first-order valence-corrected chi connectivity index (χ1v) is 11.9. The fourth-order valence-corrected chi connectivity index (χ4v) is 4.54. The van der Waals surface area contributed by atoms with Crippen LogP contribution in [0.1, 0.15) is 37.9 Å². The van der Waals surface area contributed by atoms with Crippen LogP contribution in [0.15, 0.2) is 76.7 Å². The number of aromatic nitrogens is 1. The molecular weight excluding hydrogens is 499 g/mol. The topological polar surface area (TPSA) is 58.4 Å². The summed E-state index contributed by atoms with van der Waals surface area (Å²) in [5, 5.41) is 5.66. The normalized spacial score (nSPS) is 11.7. The van der Waals surface area contributed by atoms with Crippen LogP contribution in [0.25, 0.3) is 0 Å². The summed E-state index contributed by atoms with van der Waals surface area (Å²) < 4.78 is 44.8. The summed E-state index contributed by atoms with van der Waals surface area (Å²) in [7, 11) is 0. The number of furan rings is 1. The van der Waals surface area contributed by atoms with E-state index in [4.69, 9.17) is 16.0 Å². The van der Waals surface area contributed by atoms with Gasteiger partial charge in [0.05, 0.1) is 24.9 Å². The van der Waals surface area contributed by atoms with Crippen molar-refractivity contribution in [2.45, 2.75) is 32.4 Å². The minimum atomic E-state index is -4.42. The van der Waals surface area contributed by atoms with Crippen LogP contribution < -0.4 is 5.32 Å². The van der Waals surface area contributed by atoms with Crippen molar-refractivity contribution in [3.63, 3.8) is 0 Å². The molecule has 2 aromatic carbocycles. The van der Waals surface area contributed by atoms with E-state index in [1.165, 1.54) is 23.7 Å². The molecule has 0 aliphatic heterocycles. The highest BCUT2D eigenvalue weighted by Crippen LogP contribution is 2.30. The number of thiazole rings is 1. The molecular formula is C25H21ClF3N3O2S. The lowest BCUT2D eigenvalue weighted by Gasteiger charge is -2.22. The predicted molar refractivity (Wildman–Crippen MR) is 128 cm³/mol. The number of carbonyl (C=O) groups excluding carboxylic acids is 1. The summed E-state index contributed by atoms with van der Waals surface area (Å²) in [6, 6.07) is 16.1. The molecule has 2 aromatic heterocycles. The molecule has 5 nitrogen and oxygen atoms in total. The Labute approximate surface area is 209 Å². The van der Waals surface area contributed by atoms with Gasteiger partial charge in [-0.1, -0.05) is 41.9 Å². The molecule has 0 saturated carbocycles. The van der Waals surface area contributed by atoms with Crippen molar-refractivity contribution in [2.75, 3.05) is 0 Å². The van der Waals surface area contributed by atoms with Crippen molar-refractivity contribution in [1.29, 1.82) is 0 Å². The third-order valence-corrected chi connectivity index (χ3v) is 6.17. The van der Waals surface area contributed by atoms with Crippen LogP contribution in [-0.4, -0.2) is 15.8 Å². The Morgan fingerprint density at radius 2 is 1.77 bits per heavy atom. The number of nitrogens with zero attached hydrogens (tertiary/aromatic N) is 2. The molecule has 35 heavy (non-hydrogen) atoms. The first-order chi connectivity index (χ1) is 16.8. The van der Waals surface area contributed by atoms with Crippen molar-refractivity contribution in [2.24, 2.45) is 0 Å². The van der Waals surface area contributed by atoms with Gasteiger partial charge in [0.25, 0.3) is 5.91 Å². The minimum Gasteiger partial charge on any atom is -0.467 e. The molecule has 10 heteroatoms. The maximum absolute atomic E-state index is 13.2. The van der Waals surface area contributed by atoms with Crippen LogP contribution in [-0.2, 0) is 32.4 Å². The van der Waals surface area contributed by atoms with Gasteiger partial charge in [-0.3, -0.25) is 9.69 Å². The Hall–Kier alpha value is -3.14. The van der Waals surface area contributed by atoms with E-state index in [-0.39, 0.29) is 24.7 Å². The molecule has 1 N–H and O–H groups in total. The molecule has 2 heterocycles. The minimum absolute atomic E-state index is 0.245. The highest BCUT2D eigenvalue weighted by molar-refractivity contribution is 7.09. The number of alkyl halides is 3. The second-order valence-electron chi connectivity index (χ2n) is 7.86. The van der Waals surface area contributed by atoms with Gasteiger partial charge in [-0.2, -0.15) is 13.2 Å². The van der Waals surface area contributed by atoms with E-state index in [2.05, 4.69) is 10.3 Å². The number of carbonyl (C=O) groups is 1. The van der Waals surface area contributed by atoms with E-state index >= 15 is 0 Å². The van der Waals surface area contributed by atoms with Gasteiger partial charge in [0.15, 0.2) is 0 Å². The van der Waals surface area contributed by atoms with Gasteiger partial charge >= 0.3 is 6.18 Å². The highest BCUT2D eigenvalue weighted by Gasteiger charge is 2.30. The largest absolute Gasteiger partial charge is 0.467 e. The Morgan fingerprint density at radius 3 is 2.46 bits per heavy atom. The first-order valence-electron chi connectivity index (χ1n) is 10.6. The summed E-state index contributed by atoms with van der Waals surface area (Å²) in [5.41, 5.74) is 1.02. The average molecular weight is 520 g/mol. The Bertz CT molecular complexity index is 1270. The van der Waals surface area contributed by atoms with Gasteiger partial charge < -0.3 is 9.73 Å². The van der Waals surface area contributed by atoms with E-state index in [0.717, 1.165) is 17.7 Å². The predicted octanol–water partition coefficient (Wildman–Crippen LogP) is 6.54. The number of hydrogen-bond donors (Lipinski definition) is 1. The number of benzene rings is 2. The molecule has 0 fully saturated rings. The van der Waals surface area contributed by atoms with Crippen LogP contribution in [0.3, 0.4) is 0 Å². The third-order valence-electron chi connectivity index (χ3n) is 5.10. The van der Waals surface area contributed by atoms with Crippen LogP contribution in [0.4, 0.5) is 13.2 Å². The molecule has 0 saturated heterocycles. The number of rotatable bonds is 9. The van der Waals surface area contributed by atoms with Crippen LogP contribution in [0.2, 0.25) is 5.02 Å². The van der Waals surface area contributed by atoms with Gasteiger partial charge in [-0.05, 0) is 41.5 Å². The summed E-state index contributed by atoms with van der Waals surface area (Å²) in [4.78, 5) is 18.8. The summed E-state index contributed by atoms with van der Waals surface area (Å²) >= 11 is 7.44. The highest BCUT2D eigenvalue weighted by atomic mass is 35.5. The summed E-state index contributed by atoms with van der Waals surface area (Å²) in [6.07, 6.45) is -2.89. The second-order valence-corrected chi connectivity index (χ2v) is 9.24. The van der Waals surface area contributed by atoms with Crippen molar-refractivity contribution in [3.8, 4) is 0 Å². The number of nitrogens with one attached hydrogen (secondary N) is 1. The molecule has 4 rings (SSSR count). The van der Waals surface area contributed by atoms with Gasteiger partial charge in [0.1, 0.15) is 16.5 Å². The molecule has 0 atom stereocenters. The Morgan fingerprint density at radius 1 is 1.03 bits per heavy atom. The maximum Gasteiger partial charge on any atom is 0.416 e. The fraction of sp³-hybridized carbons (Fsp3) is 0.200. The van der Waals surface area contributed by atoms with Crippen LogP contribution in [0.5, 0.6) is 0 Å². The molecule has 0 aliphatic carbocycles. The number of halogens is 4. The van der Waals surface area contributed by atoms with Gasteiger partial charge in [0, 0.05) is 23.5 Å². The smallest absolute Gasteiger partial charge is 0.416 e. The Kier molecular flexibility index (Phi) is 7.90. The van der Waals surface area contributed by atoms with E-state index in [9.17, 15) is 18.0 Å². The molecule has 0 unspecified atom stereocenters. The number of amides is 1. The zero-order valence-electron chi connectivity index (χ0n) is 18.4. The zero-order chi connectivity index (χ0) is 24.8. The van der Waals surface area contributed by atoms with E-state index < -0.39 is 11.7 Å². The first kappa shape index (κ1) is 25.0. The Balaban J connectivity index is 1.49. The fourth-order valence-electron chi connectivity index (χ4n) is 3.52. The van der Waals surface area contributed by atoms with Crippen molar-refractivity contribution < 1.29 is 22.4 Å². The van der Waals surface area contributed by atoms with Gasteiger partial charge in [0.2, 0.25) is 0 Å². The van der Waals surface area contributed by atoms with Crippen LogP contribution in [0, 0.1) is 0 Å². The molecule has 0 bridgehead atoms. The SMILES string of the molecule is O=C(NCc1ccco1)c1csc(CN(Cc2cccc(Cl)c2)Cc2cccc(C(F)(F)F)c2)n1. The van der Waals surface area contributed by atoms with E-state index in [1.807, 2.05) is 23.1 Å². The van der Waals surface area contributed by atoms with Crippen molar-refractivity contribution >= 4 is 28.8 Å². The van der Waals surface area contributed by atoms with Crippen molar-refractivity contribution in [1.82, 2.24) is 15.2 Å². The second kappa shape index (κ2) is 11.1. The molecule has 0 spiro atoms. The quantitative estimate of drug-likeness (QED) is 0.273. The molecule has 182 valence electrons. The lowest BCUT2D eigenvalue weighted by Crippen LogP contribution is -2.24.